The number of carbonyl (C=O) groups excluding carboxylic acids is 1. The van der Waals surface area contributed by atoms with Gasteiger partial charge in [0.25, 0.3) is 0 Å². The Labute approximate surface area is 156 Å². The average molecular weight is 360 g/mol. The highest BCUT2D eigenvalue weighted by atomic mass is 16.3. The molecule has 0 unspecified atom stereocenters. The van der Waals surface area contributed by atoms with Crippen LogP contribution >= 0.6 is 0 Å². The number of furan rings is 1. The van der Waals surface area contributed by atoms with E-state index in [0.717, 1.165) is 22.2 Å². The minimum absolute atomic E-state index is 0.106. The molecule has 4 rings (SSSR count). The van der Waals surface area contributed by atoms with Gasteiger partial charge in [-0.25, -0.2) is 9.67 Å². The summed E-state index contributed by atoms with van der Waals surface area (Å²) >= 11 is 0. The van der Waals surface area contributed by atoms with Gasteiger partial charge in [0.05, 0.1) is 18.5 Å². The van der Waals surface area contributed by atoms with Crippen molar-refractivity contribution in [3.63, 3.8) is 0 Å². The van der Waals surface area contributed by atoms with E-state index in [9.17, 15) is 4.79 Å². The number of aromatic nitrogens is 3. The minimum Gasteiger partial charge on any atom is -0.467 e. The van der Waals surface area contributed by atoms with Crippen LogP contribution in [0.5, 0.6) is 0 Å². The highest BCUT2D eigenvalue weighted by molar-refractivity contribution is 5.95. The zero-order valence-electron chi connectivity index (χ0n) is 15.3. The first kappa shape index (κ1) is 17.0. The third-order valence-electron chi connectivity index (χ3n) is 4.47. The van der Waals surface area contributed by atoms with Crippen LogP contribution in [-0.2, 0) is 17.9 Å². The highest BCUT2D eigenvalue weighted by Gasteiger charge is 2.16. The van der Waals surface area contributed by atoms with E-state index in [1.54, 1.807) is 23.2 Å². The Morgan fingerprint density at radius 1 is 1.19 bits per heavy atom. The summed E-state index contributed by atoms with van der Waals surface area (Å²) in [5, 5.41) is 8.37. The molecule has 3 aromatic heterocycles. The Morgan fingerprint density at radius 2 is 2.07 bits per heavy atom. The van der Waals surface area contributed by atoms with Gasteiger partial charge in [-0.3, -0.25) is 4.79 Å². The van der Waals surface area contributed by atoms with Gasteiger partial charge in [0, 0.05) is 11.6 Å². The van der Waals surface area contributed by atoms with Crippen LogP contribution in [0, 0.1) is 13.8 Å². The normalized spacial score (nSPS) is 11.0. The van der Waals surface area contributed by atoms with Crippen LogP contribution in [0.1, 0.15) is 17.0 Å². The molecule has 0 aliphatic rings. The van der Waals surface area contributed by atoms with E-state index in [1.807, 2.05) is 25.1 Å². The lowest BCUT2D eigenvalue weighted by atomic mass is 10.0. The molecule has 1 N–H and O–H groups in total. The molecule has 27 heavy (non-hydrogen) atoms. The number of nitrogens with one attached hydrogen (secondary N) is 1. The topological polar surface area (TPSA) is 73.0 Å². The molecule has 6 heteroatoms. The highest BCUT2D eigenvalue weighted by Crippen LogP contribution is 2.30. The third-order valence-corrected chi connectivity index (χ3v) is 4.47. The quantitative estimate of drug-likeness (QED) is 0.590. The van der Waals surface area contributed by atoms with Crippen LogP contribution in [-0.4, -0.2) is 20.7 Å². The Balaban J connectivity index is 1.63. The summed E-state index contributed by atoms with van der Waals surface area (Å²) in [6.07, 6.45) is 3.35. The minimum atomic E-state index is -0.140. The molecule has 0 bridgehead atoms. The smallest absolute Gasteiger partial charge is 0.242 e. The number of pyridine rings is 1. The van der Waals surface area contributed by atoms with Gasteiger partial charge in [-0.2, -0.15) is 5.10 Å². The van der Waals surface area contributed by atoms with Crippen molar-refractivity contribution in [2.45, 2.75) is 26.9 Å². The first-order valence-electron chi connectivity index (χ1n) is 8.80. The van der Waals surface area contributed by atoms with E-state index in [0.29, 0.717) is 18.0 Å². The van der Waals surface area contributed by atoms with Gasteiger partial charge in [-0.1, -0.05) is 29.8 Å². The first-order chi connectivity index (χ1) is 13.1. The molecule has 1 aromatic carbocycles. The van der Waals surface area contributed by atoms with E-state index in [-0.39, 0.29) is 12.5 Å². The van der Waals surface area contributed by atoms with Crippen LogP contribution in [0.3, 0.4) is 0 Å². The van der Waals surface area contributed by atoms with Gasteiger partial charge in [0.2, 0.25) is 5.91 Å². The summed E-state index contributed by atoms with van der Waals surface area (Å²) in [6.45, 7) is 4.48. The van der Waals surface area contributed by atoms with Crippen molar-refractivity contribution in [2.24, 2.45) is 0 Å². The predicted octanol–water partition coefficient (Wildman–Crippen LogP) is 3.62. The van der Waals surface area contributed by atoms with Gasteiger partial charge in [0.15, 0.2) is 5.65 Å². The Hall–Kier alpha value is -3.41. The molecule has 136 valence electrons. The van der Waals surface area contributed by atoms with E-state index < -0.39 is 0 Å². The fourth-order valence-electron chi connectivity index (χ4n) is 3.24. The second kappa shape index (κ2) is 7.07. The number of carbonyl (C=O) groups is 1. The SMILES string of the molecule is Cc1cccc(-c2ccnc3c2c(C)nn3CC(=O)NCc2ccco2)c1. The molecule has 0 aliphatic heterocycles. The molecule has 0 aliphatic carbocycles. The Bertz CT molecular complexity index is 1100. The fourth-order valence-corrected chi connectivity index (χ4v) is 3.24. The van der Waals surface area contributed by atoms with Crippen molar-refractivity contribution in [3.05, 3.63) is 71.9 Å². The Kier molecular flexibility index (Phi) is 4.46. The van der Waals surface area contributed by atoms with E-state index in [2.05, 4.69) is 40.5 Å². The van der Waals surface area contributed by atoms with Crippen molar-refractivity contribution < 1.29 is 9.21 Å². The number of hydrogen-bond donors (Lipinski definition) is 1. The molecular weight excluding hydrogens is 340 g/mol. The van der Waals surface area contributed by atoms with E-state index >= 15 is 0 Å². The first-order valence-corrected chi connectivity index (χ1v) is 8.80. The number of benzene rings is 1. The number of hydrogen-bond acceptors (Lipinski definition) is 4. The maximum Gasteiger partial charge on any atom is 0.242 e. The molecule has 1 amide bonds. The van der Waals surface area contributed by atoms with Crippen LogP contribution in [0.15, 0.2) is 59.3 Å². The monoisotopic (exact) mass is 360 g/mol. The molecule has 0 fully saturated rings. The largest absolute Gasteiger partial charge is 0.467 e. The van der Waals surface area contributed by atoms with Crippen molar-refractivity contribution >= 4 is 16.9 Å². The Morgan fingerprint density at radius 3 is 2.85 bits per heavy atom. The third kappa shape index (κ3) is 3.46. The van der Waals surface area contributed by atoms with Gasteiger partial charge >= 0.3 is 0 Å². The van der Waals surface area contributed by atoms with Crippen LogP contribution in [0.2, 0.25) is 0 Å². The lowest BCUT2D eigenvalue weighted by Gasteiger charge is -2.07. The molecule has 0 spiro atoms. The lowest BCUT2D eigenvalue weighted by molar-refractivity contribution is -0.122. The number of fused-ring (bicyclic) bond motifs is 1. The molecule has 3 heterocycles. The standard InChI is InChI=1S/C21H20N4O2/c1-14-5-3-6-16(11-14)18-8-9-22-21-20(18)15(2)24-25(21)13-19(26)23-12-17-7-4-10-27-17/h3-11H,12-13H2,1-2H3,(H,23,26). The summed E-state index contributed by atoms with van der Waals surface area (Å²) in [7, 11) is 0. The number of rotatable bonds is 5. The van der Waals surface area contributed by atoms with Crippen molar-refractivity contribution in [2.75, 3.05) is 0 Å². The second-order valence-corrected chi connectivity index (χ2v) is 6.53. The lowest BCUT2D eigenvalue weighted by Crippen LogP contribution is -2.27. The summed E-state index contributed by atoms with van der Waals surface area (Å²) in [5.74, 6) is 0.572. The maximum atomic E-state index is 12.3. The molecule has 0 radical (unpaired) electrons. The average Bonchev–Trinajstić information content (AvgIpc) is 3.29. The summed E-state index contributed by atoms with van der Waals surface area (Å²) in [5.41, 5.74) is 4.95. The van der Waals surface area contributed by atoms with Crippen molar-refractivity contribution in [1.29, 1.82) is 0 Å². The summed E-state index contributed by atoms with van der Waals surface area (Å²) in [6, 6.07) is 13.9. The molecule has 0 saturated heterocycles. The van der Waals surface area contributed by atoms with Crippen molar-refractivity contribution in [3.8, 4) is 11.1 Å². The maximum absolute atomic E-state index is 12.3. The zero-order valence-corrected chi connectivity index (χ0v) is 15.3. The van der Waals surface area contributed by atoms with Gasteiger partial charge in [-0.15, -0.1) is 0 Å². The molecule has 4 aromatic rings. The predicted molar refractivity (Wildman–Crippen MR) is 103 cm³/mol. The molecule has 0 saturated carbocycles. The number of nitrogens with zero attached hydrogens (tertiary/aromatic N) is 3. The van der Waals surface area contributed by atoms with Crippen LogP contribution in [0.25, 0.3) is 22.2 Å². The van der Waals surface area contributed by atoms with Crippen LogP contribution in [0.4, 0.5) is 0 Å². The summed E-state index contributed by atoms with van der Waals surface area (Å²) < 4.78 is 6.89. The van der Waals surface area contributed by atoms with E-state index in [4.69, 9.17) is 4.42 Å². The molecular formula is C21H20N4O2. The molecule has 0 atom stereocenters. The number of aryl methyl sites for hydroxylation is 2. The second-order valence-electron chi connectivity index (χ2n) is 6.53. The van der Waals surface area contributed by atoms with Gasteiger partial charge < -0.3 is 9.73 Å². The van der Waals surface area contributed by atoms with E-state index in [1.165, 1.54) is 5.56 Å². The number of amides is 1. The zero-order chi connectivity index (χ0) is 18.8. The fraction of sp³-hybridized carbons (Fsp3) is 0.190. The van der Waals surface area contributed by atoms with Gasteiger partial charge in [0.1, 0.15) is 12.3 Å². The molecule has 6 nitrogen and oxygen atoms in total. The summed E-state index contributed by atoms with van der Waals surface area (Å²) in [4.78, 5) is 16.8. The van der Waals surface area contributed by atoms with Crippen molar-refractivity contribution in [1.82, 2.24) is 20.1 Å². The van der Waals surface area contributed by atoms with Gasteiger partial charge in [-0.05, 0) is 43.2 Å². The van der Waals surface area contributed by atoms with Crippen LogP contribution < -0.4 is 5.32 Å².